The molecule has 27 heavy (non-hydrogen) atoms. The fourth-order valence-corrected chi connectivity index (χ4v) is 5.21. The number of amides is 1. The molecule has 0 spiro atoms. The number of benzene rings is 1. The van der Waals surface area contributed by atoms with Crippen molar-refractivity contribution in [1.29, 1.82) is 0 Å². The molecule has 0 radical (unpaired) electrons. The van der Waals surface area contributed by atoms with Gasteiger partial charge in [-0.25, -0.2) is 8.42 Å². The maximum atomic E-state index is 12.8. The Balaban J connectivity index is 1.69. The zero-order chi connectivity index (χ0) is 19.3. The van der Waals surface area contributed by atoms with E-state index in [-0.39, 0.29) is 29.2 Å². The van der Waals surface area contributed by atoms with E-state index in [1.807, 2.05) is 19.1 Å². The van der Waals surface area contributed by atoms with Crippen LogP contribution in [0.4, 0.5) is 0 Å². The lowest BCUT2D eigenvalue weighted by atomic mass is 10.1. The average molecular weight is 390 g/mol. The van der Waals surface area contributed by atoms with Crippen LogP contribution in [0.1, 0.15) is 67.3 Å². The van der Waals surface area contributed by atoms with Crippen molar-refractivity contribution in [3.05, 3.63) is 53.5 Å². The molecular weight excluding hydrogens is 362 g/mol. The van der Waals surface area contributed by atoms with Crippen LogP contribution in [0, 0.1) is 0 Å². The molecule has 0 aliphatic heterocycles. The highest BCUT2D eigenvalue weighted by atomic mass is 32.2. The van der Waals surface area contributed by atoms with E-state index >= 15 is 0 Å². The number of carbonyl (C=O) groups excluding carboxylic acids is 1. The molecule has 5 nitrogen and oxygen atoms in total. The lowest BCUT2D eigenvalue weighted by molar-refractivity contribution is 0.0903. The maximum absolute atomic E-state index is 12.8. The number of furan rings is 1. The van der Waals surface area contributed by atoms with Crippen LogP contribution < -0.4 is 5.32 Å². The topological polar surface area (TPSA) is 76.4 Å². The summed E-state index contributed by atoms with van der Waals surface area (Å²) >= 11 is 0. The van der Waals surface area contributed by atoms with E-state index in [9.17, 15) is 13.2 Å². The molecule has 2 aromatic rings. The molecule has 146 valence electrons. The van der Waals surface area contributed by atoms with Crippen LogP contribution in [0.25, 0.3) is 0 Å². The highest BCUT2D eigenvalue weighted by molar-refractivity contribution is 7.90. The first-order valence-electron chi connectivity index (χ1n) is 9.70. The Morgan fingerprint density at radius 3 is 2.48 bits per heavy atom. The number of hydrogen-bond donors (Lipinski definition) is 1. The molecule has 0 unspecified atom stereocenters. The molecule has 1 heterocycles. The number of carbonyl (C=O) groups is 1. The minimum Gasteiger partial charge on any atom is -0.455 e. The molecule has 6 heteroatoms. The Kier molecular flexibility index (Phi) is 6.37. The molecule has 0 bridgehead atoms. The van der Waals surface area contributed by atoms with Crippen molar-refractivity contribution in [3.63, 3.8) is 0 Å². The molecule has 1 aliphatic carbocycles. The molecular formula is C21H27NO4S. The van der Waals surface area contributed by atoms with Crippen molar-refractivity contribution >= 4 is 15.7 Å². The molecule has 0 saturated heterocycles. The quantitative estimate of drug-likeness (QED) is 0.749. The van der Waals surface area contributed by atoms with Crippen LogP contribution in [0.2, 0.25) is 0 Å². The first-order valence-corrected chi connectivity index (χ1v) is 11.3. The zero-order valence-electron chi connectivity index (χ0n) is 15.7. The molecule has 1 amide bonds. The van der Waals surface area contributed by atoms with Gasteiger partial charge < -0.3 is 9.73 Å². The monoisotopic (exact) mass is 389 g/mol. The number of sulfone groups is 1. The second kappa shape index (κ2) is 8.74. The molecule has 3 rings (SSSR count). The highest BCUT2D eigenvalue weighted by Crippen LogP contribution is 2.23. The minimum atomic E-state index is -3.53. The summed E-state index contributed by atoms with van der Waals surface area (Å²) in [5, 5.41) is 3.02. The molecule has 1 aromatic heterocycles. The third-order valence-corrected chi connectivity index (χ3v) is 6.83. The third kappa shape index (κ3) is 5.01. The van der Waals surface area contributed by atoms with Gasteiger partial charge in [0.15, 0.2) is 15.6 Å². The van der Waals surface area contributed by atoms with E-state index in [1.54, 1.807) is 24.3 Å². The number of nitrogens with one attached hydrogen (secondary N) is 1. The van der Waals surface area contributed by atoms with Crippen LogP contribution in [0.5, 0.6) is 0 Å². The summed E-state index contributed by atoms with van der Waals surface area (Å²) in [4.78, 5) is 12.7. The van der Waals surface area contributed by atoms with Gasteiger partial charge in [0.05, 0.1) is 4.90 Å². The summed E-state index contributed by atoms with van der Waals surface area (Å²) in [6.07, 6.45) is 7.31. The van der Waals surface area contributed by atoms with Gasteiger partial charge in [-0.1, -0.05) is 50.8 Å². The third-order valence-electron chi connectivity index (χ3n) is 5.10. The van der Waals surface area contributed by atoms with Gasteiger partial charge >= 0.3 is 0 Å². The van der Waals surface area contributed by atoms with Crippen molar-refractivity contribution in [2.45, 2.75) is 68.6 Å². The summed E-state index contributed by atoms with van der Waals surface area (Å²) in [5.41, 5.74) is 0.787. The lowest BCUT2D eigenvalue weighted by Gasteiger charge is -2.15. The summed E-state index contributed by atoms with van der Waals surface area (Å²) in [7, 11) is -3.53. The van der Waals surface area contributed by atoms with Gasteiger partial charge in [0.25, 0.3) is 5.91 Å². The van der Waals surface area contributed by atoms with E-state index in [0.717, 1.165) is 31.2 Å². The Hall–Kier alpha value is -2.08. The predicted molar refractivity (Wildman–Crippen MR) is 104 cm³/mol. The molecule has 1 saturated carbocycles. The fourth-order valence-electron chi connectivity index (χ4n) is 3.62. The smallest absolute Gasteiger partial charge is 0.287 e. The Bertz CT molecular complexity index is 877. The van der Waals surface area contributed by atoms with E-state index in [4.69, 9.17) is 4.42 Å². The van der Waals surface area contributed by atoms with E-state index < -0.39 is 9.84 Å². The number of aryl methyl sites for hydroxylation is 1. The fraction of sp³-hybridized carbons (Fsp3) is 0.476. The van der Waals surface area contributed by atoms with Crippen LogP contribution in [-0.4, -0.2) is 20.4 Å². The number of rotatable bonds is 6. The van der Waals surface area contributed by atoms with Crippen LogP contribution in [0.3, 0.4) is 0 Å². The van der Waals surface area contributed by atoms with E-state index in [2.05, 4.69) is 5.32 Å². The second-order valence-corrected chi connectivity index (χ2v) is 9.11. The van der Waals surface area contributed by atoms with Gasteiger partial charge in [-0.2, -0.15) is 0 Å². The zero-order valence-corrected chi connectivity index (χ0v) is 16.6. The summed E-state index contributed by atoms with van der Waals surface area (Å²) in [6, 6.07) is 10.3. The van der Waals surface area contributed by atoms with Crippen molar-refractivity contribution in [3.8, 4) is 0 Å². The van der Waals surface area contributed by atoms with Crippen molar-refractivity contribution in [2.24, 2.45) is 0 Å². The Labute approximate surface area is 161 Å². The number of hydrogen-bond acceptors (Lipinski definition) is 4. The Morgan fingerprint density at radius 1 is 1.07 bits per heavy atom. The van der Waals surface area contributed by atoms with Crippen molar-refractivity contribution in [1.82, 2.24) is 5.32 Å². The second-order valence-electron chi connectivity index (χ2n) is 7.15. The summed E-state index contributed by atoms with van der Waals surface area (Å²) < 4.78 is 31.1. The van der Waals surface area contributed by atoms with Crippen LogP contribution >= 0.6 is 0 Å². The van der Waals surface area contributed by atoms with Crippen LogP contribution in [0.15, 0.2) is 45.7 Å². The standard InChI is InChI=1S/C21H27NO4S/c1-2-16-9-7-8-12-20(16)27(24,25)15-18-13-14-19(26-18)21(23)22-17-10-5-3-4-6-11-17/h7-9,12-14,17H,2-6,10-11,15H2,1H3,(H,22,23). The van der Waals surface area contributed by atoms with Gasteiger partial charge in [0.2, 0.25) is 0 Å². The average Bonchev–Trinajstić information content (AvgIpc) is 2.96. The first-order chi connectivity index (χ1) is 13.0. The molecule has 1 aromatic carbocycles. The van der Waals surface area contributed by atoms with Crippen molar-refractivity contribution < 1.29 is 17.6 Å². The van der Waals surface area contributed by atoms with E-state index in [0.29, 0.717) is 11.3 Å². The van der Waals surface area contributed by atoms with Gasteiger partial charge in [-0.15, -0.1) is 0 Å². The molecule has 1 fully saturated rings. The van der Waals surface area contributed by atoms with Gasteiger partial charge in [-0.05, 0) is 43.0 Å². The van der Waals surface area contributed by atoms with Gasteiger partial charge in [0.1, 0.15) is 11.5 Å². The Morgan fingerprint density at radius 2 is 1.78 bits per heavy atom. The lowest BCUT2D eigenvalue weighted by Crippen LogP contribution is -2.34. The highest BCUT2D eigenvalue weighted by Gasteiger charge is 2.22. The maximum Gasteiger partial charge on any atom is 0.287 e. The van der Waals surface area contributed by atoms with Gasteiger partial charge in [0, 0.05) is 6.04 Å². The molecule has 0 atom stereocenters. The van der Waals surface area contributed by atoms with Crippen LogP contribution in [-0.2, 0) is 22.0 Å². The molecule has 1 N–H and O–H groups in total. The first kappa shape index (κ1) is 19.7. The van der Waals surface area contributed by atoms with E-state index in [1.165, 1.54) is 12.8 Å². The summed E-state index contributed by atoms with van der Waals surface area (Å²) in [5.74, 6) is -0.0552. The molecule has 1 aliphatic rings. The normalized spacial score (nSPS) is 16.0. The van der Waals surface area contributed by atoms with Gasteiger partial charge in [-0.3, -0.25) is 4.79 Å². The minimum absolute atomic E-state index is 0.174. The van der Waals surface area contributed by atoms with Crippen molar-refractivity contribution in [2.75, 3.05) is 0 Å². The largest absolute Gasteiger partial charge is 0.455 e. The summed E-state index contributed by atoms with van der Waals surface area (Å²) in [6.45, 7) is 1.93. The predicted octanol–water partition coefficient (Wildman–Crippen LogP) is 4.27. The SMILES string of the molecule is CCc1ccccc1S(=O)(=O)Cc1ccc(C(=O)NC2CCCCCC2)o1.